The highest BCUT2D eigenvalue weighted by Crippen LogP contribution is 2.39. The molecule has 1 aromatic carbocycles. The van der Waals surface area contributed by atoms with Crippen molar-refractivity contribution >= 4 is 0 Å². The Bertz CT molecular complexity index is 375. The van der Waals surface area contributed by atoms with E-state index in [1.165, 1.54) is 31.7 Å². The third kappa shape index (κ3) is 3.11. The number of benzene rings is 1. The number of hydrogen-bond acceptors (Lipinski definition) is 1. The van der Waals surface area contributed by atoms with Crippen LogP contribution in [0.1, 0.15) is 57.1 Å². The van der Waals surface area contributed by atoms with Gasteiger partial charge in [-0.05, 0) is 30.7 Å². The minimum absolute atomic E-state index is 0.229. The monoisotopic (exact) mass is 250 g/mol. The fraction of sp³-hybridized carbons (Fsp3) is 0.625. The molecular weight excluding hydrogens is 227 g/mol. The Balaban J connectivity index is 2.04. The summed E-state index contributed by atoms with van der Waals surface area (Å²) in [5, 5.41) is 10.4. The van der Waals surface area contributed by atoms with E-state index in [-0.39, 0.29) is 11.7 Å². The Labute approximate surface area is 109 Å². The van der Waals surface area contributed by atoms with Gasteiger partial charge in [-0.25, -0.2) is 4.39 Å². The molecular formula is C16H23FO. The van der Waals surface area contributed by atoms with Crippen LogP contribution < -0.4 is 0 Å². The van der Waals surface area contributed by atoms with Crippen LogP contribution in [-0.2, 0) is 0 Å². The van der Waals surface area contributed by atoms with E-state index in [1.807, 2.05) is 0 Å². The van der Waals surface area contributed by atoms with E-state index in [1.54, 1.807) is 18.2 Å². The van der Waals surface area contributed by atoms with Crippen molar-refractivity contribution in [3.63, 3.8) is 0 Å². The molecule has 1 aromatic rings. The minimum atomic E-state index is -0.633. The normalized spacial score (nSPS) is 25.9. The van der Waals surface area contributed by atoms with Gasteiger partial charge in [0.05, 0.1) is 6.10 Å². The van der Waals surface area contributed by atoms with Crippen LogP contribution in [0, 0.1) is 17.7 Å². The summed E-state index contributed by atoms with van der Waals surface area (Å²) in [5.41, 5.74) is 0.472. The second-order valence-electron chi connectivity index (χ2n) is 5.55. The number of halogens is 1. The van der Waals surface area contributed by atoms with Crippen LogP contribution in [0.5, 0.6) is 0 Å². The van der Waals surface area contributed by atoms with E-state index in [4.69, 9.17) is 0 Å². The summed E-state index contributed by atoms with van der Waals surface area (Å²) in [7, 11) is 0. The van der Waals surface area contributed by atoms with Crippen molar-refractivity contribution in [1.82, 2.24) is 0 Å². The lowest BCUT2D eigenvalue weighted by molar-refractivity contribution is 0.0640. The molecule has 0 radical (unpaired) electrons. The minimum Gasteiger partial charge on any atom is -0.388 e. The fourth-order valence-corrected chi connectivity index (χ4v) is 3.26. The van der Waals surface area contributed by atoms with Crippen molar-refractivity contribution in [2.24, 2.45) is 11.8 Å². The standard InChI is InChI=1S/C16H23FO/c1-2-6-12-7-5-8-13(11-12)16(18)14-9-3-4-10-15(14)17/h3-4,9-10,12-13,16,18H,2,5-8,11H2,1H3/t12-,13+,16-/m1/s1. The summed E-state index contributed by atoms with van der Waals surface area (Å²) in [6.07, 6.45) is 6.31. The van der Waals surface area contributed by atoms with Gasteiger partial charge < -0.3 is 5.11 Å². The molecule has 3 atom stereocenters. The maximum Gasteiger partial charge on any atom is 0.129 e. The van der Waals surface area contributed by atoms with Crippen LogP contribution in [0.25, 0.3) is 0 Å². The molecule has 1 aliphatic rings. The zero-order chi connectivity index (χ0) is 13.0. The molecule has 0 aromatic heterocycles. The van der Waals surface area contributed by atoms with Crippen molar-refractivity contribution in [2.75, 3.05) is 0 Å². The maximum atomic E-state index is 13.7. The second kappa shape index (κ2) is 6.33. The Hall–Kier alpha value is -0.890. The Morgan fingerprint density at radius 1 is 1.33 bits per heavy atom. The molecule has 2 heteroatoms. The van der Waals surface area contributed by atoms with Gasteiger partial charge in [0.1, 0.15) is 5.82 Å². The molecule has 0 unspecified atom stereocenters. The highest BCUT2D eigenvalue weighted by atomic mass is 19.1. The van der Waals surface area contributed by atoms with Gasteiger partial charge in [0.25, 0.3) is 0 Å². The van der Waals surface area contributed by atoms with Gasteiger partial charge in [0, 0.05) is 5.56 Å². The SMILES string of the molecule is CCC[C@@H]1CCC[C@H]([C@@H](O)c2ccccc2F)C1. The molecule has 0 spiro atoms. The first-order valence-corrected chi connectivity index (χ1v) is 7.14. The Morgan fingerprint density at radius 3 is 2.83 bits per heavy atom. The van der Waals surface area contributed by atoms with Crippen molar-refractivity contribution in [3.8, 4) is 0 Å². The first-order valence-electron chi connectivity index (χ1n) is 7.14. The van der Waals surface area contributed by atoms with E-state index in [2.05, 4.69) is 6.92 Å². The Morgan fingerprint density at radius 2 is 2.11 bits per heavy atom. The number of hydrogen-bond donors (Lipinski definition) is 1. The zero-order valence-electron chi connectivity index (χ0n) is 11.1. The van der Waals surface area contributed by atoms with Crippen LogP contribution in [-0.4, -0.2) is 5.11 Å². The van der Waals surface area contributed by atoms with Crippen molar-refractivity contribution in [2.45, 2.75) is 51.6 Å². The molecule has 0 bridgehead atoms. The largest absolute Gasteiger partial charge is 0.388 e. The van der Waals surface area contributed by atoms with Gasteiger partial charge in [-0.3, -0.25) is 0 Å². The third-order valence-corrected chi connectivity index (χ3v) is 4.19. The molecule has 18 heavy (non-hydrogen) atoms. The Kier molecular flexibility index (Phi) is 4.76. The van der Waals surface area contributed by atoms with Crippen LogP contribution in [0.15, 0.2) is 24.3 Å². The van der Waals surface area contributed by atoms with Crippen molar-refractivity contribution in [3.05, 3.63) is 35.6 Å². The molecule has 0 heterocycles. The molecule has 1 N–H and O–H groups in total. The smallest absolute Gasteiger partial charge is 0.129 e. The van der Waals surface area contributed by atoms with Gasteiger partial charge in [-0.15, -0.1) is 0 Å². The summed E-state index contributed by atoms with van der Waals surface area (Å²) in [6, 6.07) is 6.62. The number of aliphatic hydroxyl groups is 1. The average Bonchev–Trinajstić information content (AvgIpc) is 2.39. The zero-order valence-corrected chi connectivity index (χ0v) is 11.1. The maximum absolute atomic E-state index is 13.7. The van der Waals surface area contributed by atoms with E-state index in [0.717, 1.165) is 18.8 Å². The number of rotatable bonds is 4. The summed E-state index contributed by atoms with van der Waals surface area (Å²) in [6.45, 7) is 2.21. The molecule has 100 valence electrons. The van der Waals surface area contributed by atoms with Gasteiger partial charge in [0.15, 0.2) is 0 Å². The lowest BCUT2D eigenvalue weighted by atomic mass is 9.75. The molecule has 1 aliphatic carbocycles. The van der Waals surface area contributed by atoms with Crippen molar-refractivity contribution in [1.29, 1.82) is 0 Å². The topological polar surface area (TPSA) is 20.2 Å². The van der Waals surface area contributed by atoms with Crippen LogP contribution in [0.3, 0.4) is 0 Å². The predicted molar refractivity (Wildman–Crippen MR) is 71.7 cm³/mol. The van der Waals surface area contributed by atoms with Gasteiger partial charge in [-0.2, -0.15) is 0 Å². The molecule has 2 rings (SSSR count). The summed E-state index contributed by atoms with van der Waals surface area (Å²) in [4.78, 5) is 0. The summed E-state index contributed by atoms with van der Waals surface area (Å²) >= 11 is 0. The second-order valence-corrected chi connectivity index (χ2v) is 5.55. The molecule has 0 aliphatic heterocycles. The fourth-order valence-electron chi connectivity index (χ4n) is 3.26. The van der Waals surface area contributed by atoms with Crippen LogP contribution in [0.2, 0.25) is 0 Å². The van der Waals surface area contributed by atoms with Gasteiger partial charge in [0.2, 0.25) is 0 Å². The lowest BCUT2D eigenvalue weighted by Crippen LogP contribution is -2.22. The highest BCUT2D eigenvalue weighted by Gasteiger charge is 2.28. The number of aliphatic hydroxyl groups excluding tert-OH is 1. The molecule has 1 nitrogen and oxygen atoms in total. The summed E-state index contributed by atoms with van der Waals surface area (Å²) in [5.74, 6) is 0.671. The van der Waals surface area contributed by atoms with Crippen LogP contribution >= 0.6 is 0 Å². The first kappa shape index (κ1) is 13.5. The van der Waals surface area contributed by atoms with E-state index >= 15 is 0 Å². The highest BCUT2D eigenvalue weighted by molar-refractivity contribution is 5.20. The van der Waals surface area contributed by atoms with Crippen LogP contribution in [0.4, 0.5) is 4.39 Å². The quantitative estimate of drug-likeness (QED) is 0.836. The van der Waals surface area contributed by atoms with E-state index < -0.39 is 6.10 Å². The van der Waals surface area contributed by atoms with E-state index in [0.29, 0.717) is 5.56 Å². The first-order chi connectivity index (χ1) is 8.72. The predicted octanol–water partition coefficient (Wildman–Crippen LogP) is 4.47. The van der Waals surface area contributed by atoms with Gasteiger partial charge >= 0.3 is 0 Å². The molecule has 0 saturated heterocycles. The van der Waals surface area contributed by atoms with Crippen molar-refractivity contribution < 1.29 is 9.50 Å². The third-order valence-electron chi connectivity index (χ3n) is 4.19. The van der Waals surface area contributed by atoms with Gasteiger partial charge in [-0.1, -0.05) is 50.8 Å². The molecule has 1 fully saturated rings. The average molecular weight is 250 g/mol. The lowest BCUT2D eigenvalue weighted by Gasteiger charge is -2.32. The summed E-state index contributed by atoms with van der Waals surface area (Å²) < 4.78 is 13.7. The molecule has 0 amide bonds. The van der Waals surface area contributed by atoms with E-state index in [9.17, 15) is 9.50 Å². The molecule has 1 saturated carbocycles.